The topological polar surface area (TPSA) is 122 Å². The van der Waals surface area contributed by atoms with Crippen LogP contribution in [0.2, 0.25) is 0 Å². The van der Waals surface area contributed by atoms with E-state index in [4.69, 9.17) is 9.47 Å². The number of aliphatic hydroxyl groups is 1. The van der Waals surface area contributed by atoms with Gasteiger partial charge in [0.1, 0.15) is 11.7 Å². The lowest BCUT2D eigenvalue weighted by Gasteiger charge is -2.62. The second-order valence-corrected chi connectivity index (χ2v) is 18.3. The lowest BCUT2D eigenvalue weighted by atomic mass is 9.43. The SMILES string of the molecule is C[C@H](CCC(=O)OC(C)(C)C)C1CCC2C3C(CC[C@@]21C)C1(C)CC[C@@H](OC(=O)NC(C)(C)CC(C)(C)C(=O)O)CC1C[C@H]3O. The molecule has 8 heteroatoms. The van der Waals surface area contributed by atoms with E-state index in [2.05, 4.69) is 26.1 Å². The number of carbonyl (C=O) groups is 3. The molecule has 0 radical (unpaired) electrons. The molecule has 1 amide bonds. The molecule has 3 N–H and O–H groups in total. The van der Waals surface area contributed by atoms with Crippen molar-refractivity contribution in [2.75, 3.05) is 0 Å². The highest BCUT2D eigenvalue weighted by Gasteiger charge is 2.63. The third-order valence-electron chi connectivity index (χ3n) is 12.8. The molecular weight excluding hydrogens is 570 g/mol. The van der Waals surface area contributed by atoms with Gasteiger partial charge in [-0.1, -0.05) is 20.8 Å². The molecule has 0 aromatic rings. The maximum atomic E-state index is 12.9. The molecule has 45 heavy (non-hydrogen) atoms. The van der Waals surface area contributed by atoms with Gasteiger partial charge in [-0.3, -0.25) is 9.59 Å². The maximum absolute atomic E-state index is 12.9. The zero-order valence-electron chi connectivity index (χ0n) is 29.8. The first-order chi connectivity index (χ1) is 20.6. The fourth-order valence-electron chi connectivity index (χ4n) is 10.9. The Kier molecular flexibility index (Phi) is 10.1. The number of hydrogen-bond donors (Lipinski definition) is 3. The normalized spacial score (nSPS) is 37.4. The molecule has 6 unspecified atom stereocenters. The summed E-state index contributed by atoms with van der Waals surface area (Å²) in [5, 5.41) is 24.2. The molecule has 0 heterocycles. The molecule has 4 fully saturated rings. The molecule has 4 aliphatic carbocycles. The van der Waals surface area contributed by atoms with Gasteiger partial charge in [-0.15, -0.1) is 0 Å². The number of fused-ring (bicyclic) bond motifs is 5. The summed E-state index contributed by atoms with van der Waals surface area (Å²) in [6.07, 6.45) is 8.47. The van der Waals surface area contributed by atoms with Crippen molar-refractivity contribution in [1.29, 1.82) is 0 Å². The Morgan fingerprint density at radius 3 is 2.16 bits per heavy atom. The number of hydrogen-bond acceptors (Lipinski definition) is 6. The molecule has 0 spiro atoms. The van der Waals surface area contributed by atoms with Crippen molar-refractivity contribution in [1.82, 2.24) is 5.32 Å². The van der Waals surface area contributed by atoms with Gasteiger partial charge in [-0.2, -0.15) is 0 Å². The summed E-state index contributed by atoms with van der Waals surface area (Å²) in [6, 6.07) is 0. The number of ether oxygens (including phenoxy) is 2. The molecule has 0 saturated heterocycles. The van der Waals surface area contributed by atoms with Gasteiger partial charge in [0.2, 0.25) is 0 Å². The van der Waals surface area contributed by atoms with Crippen LogP contribution in [0.5, 0.6) is 0 Å². The van der Waals surface area contributed by atoms with E-state index < -0.39 is 28.6 Å². The lowest BCUT2D eigenvalue weighted by molar-refractivity contribution is -0.174. The fourth-order valence-corrected chi connectivity index (χ4v) is 10.9. The number of rotatable bonds is 9. The molecule has 4 saturated carbocycles. The number of carboxylic acids is 1. The van der Waals surface area contributed by atoms with Crippen LogP contribution in [0.1, 0.15) is 140 Å². The zero-order valence-corrected chi connectivity index (χ0v) is 29.8. The molecule has 258 valence electrons. The number of amides is 1. The smallest absolute Gasteiger partial charge is 0.407 e. The van der Waals surface area contributed by atoms with Crippen LogP contribution in [0.25, 0.3) is 0 Å². The van der Waals surface area contributed by atoms with Crippen molar-refractivity contribution in [3.8, 4) is 0 Å². The van der Waals surface area contributed by atoms with Crippen molar-refractivity contribution in [3.05, 3.63) is 0 Å². The van der Waals surface area contributed by atoms with Gasteiger partial charge < -0.3 is 25.0 Å². The Hall–Kier alpha value is -1.83. The summed E-state index contributed by atoms with van der Waals surface area (Å²) >= 11 is 0. The van der Waals surface area contributed by atoms with E-state index in [-0.39, 0.29) is 35.4 Å². The van der Waals surface area contributed by atoms with Crippen LogP contribution in [0.3, 0.4) is 0 Å². The van der Waals surface area contributed by atoms with E-state index in [1.54, 1.807) is 13.8 Å². The number of aliphatic hydroxyl groups excluding tert-OH is 1. The summed E-state index contributed by atoms with van der Waals surface area (Å²) in [5.74, 6) is 1.55. The average molecular weight is 634 g/mol. The third kappa shape index (κ3) is 7.67. The van der Waals surface area contributed by atoms with Crippen LogP contribution in [0, 0.1) is 51.8 Å². The van der Waals surface area contributed by atoms with E-state index in [1.165, 1.54) is 6.42 Å². The van der Waals surface area contributed by atoms with Gasteiger partial charge in [-0.25, -0.2) is 4.79 Å². The van der Waals surface area contributed by atoms with Crippen LogP contribution >= 0.6 is 0 Å². The van der Waals surface area contributed by atoms with E-state index in [1.807, 2.05) is 34.6 Å². The Morgan fingerprint density at radius 2 is 1.53 bits per heavy atom. The van der Waals surface area contributed by atoms with Gasteiger partial charge >= 0.3 is 18.0 Å². The summed E-state index contributed by atoms with van der Waals surface area (Å²) < 4.78 is 11.5. The average Bonchev–Trinajstić information content (AvgIpc) is 3.23. The van der Waals surface area contributed by atoms with E-state index in [0.29, 0.717) is 41.9 Å². The van der Waals surface area contributed by atoms with Crippen molar-refractivity contribution in [2.45, 2.75) is 163 Å². The van der Waals surface area contributed by atoms with Crippen LogP contribution in [-0.4, -0.2) is 51.6 Å². The highest BCUT2D eigenvalue weighted by molar-refractivity contribution is 5.74. The second-order valence-electron chi connectivity index (χ2n) is 18.3. The summed E-state index contributed by atoms with van der Waals surface area (Å²) in [5.41, 5.74) is -1.85. The van der Waals surface area contributed by atoms with Gasteiger partial charge in [0.15, 0.2) is 0 Å². The number of esters is 1. The molecule has 0 bridgehead atoms. The summed E-state index contributed by atoms with van der Waals surface area (Å²) in [4.78, 5) is 37.0. The Bertz CT molecular complexity index is 1110. The van der Waals surface area contributed by atoms with Crippen molar-refractivity contribution < 1.29 is 34.1 Å². The van der Waals surface area contributed by atoms with Gasteiger partial charge in [0.05, 0.1) is 11.5 Å². The fraction of sp³-hybridized carbons (Fsp3) is 0.919. The summed E-state index contributed by atoms with van der Waals surface area (Å²) in [7, 11) is 0. The first kappa shape index (κ1) is 36.0. The van der Waals surface area contributed by atoms with E-state index in [9.17, 15) is 24.6 Å². The predicted octanol–water partition coefficient (Wildman–Crippen LogP) is 7.75. The van der Waals surface area contributed by atoms with Crippen LogP contribution in [0.4, 0.5) is 4.79 Å². The second kappa shape index (κ2) is 12.6. The molecular formula is C37H63NO7. The maximum Gasteiger partial charge on any atom is 0.407 e. The number of carbonyl (C=O) groups excluding carboxylic acids is 2. The Morgan fingerprint density at radius 1 is 0.911 bits per heavy atom. The minimum absolute atomic E-state index is 0.109. The number of carboxylic acid groups (broad SMARTS) is 1. The van der Waals surface area contributed by atoms with E-state index >= 15 is 0 Å². The first-order valence-corrected chi connectivity index (χ1v) is 17.7. The van der Waals surface area contributed by atoms with Crippen LogP contribution < -0.4 is 5.32 Å². The molecule has 8 nitrogen and oxygen atoms in total. The monoisotopic (exact) mass is 633 g/mol. The molecule has 0 aromatic carbocycles. The van der Waals surface area contributed by atoms with Crippen molar-refractivity contribution in [2.24, 2.45) is 51.8 Å². The van der Waals surface area contributed by atoms with Crippen LogP contribution in [0.15, 0.2) is 0 Å². The van der Waals surface area contributed by atoms with Crippen LogP contribution in [-0.2, 0) is 19.1 Å². The molecule has 4 aliphatic rings. The molecule has 0 aromatic heterocycles. The third-order valence-corrected chi connectivity index (χ3v) is 12.8. The molecule has 4 rings (SSSR count). The number of alkyl carbamates (subject to hydrolysis) is 1. The minimum atomic E-state index is -0.967. The predicted molar refractivity (Wildman–Crippen MR) is 174 cm³/mol. The van der Waals surface area contributed by atoms with Gasteiger partial charge in [0.25, 0.3) is 0 Å². The summed E-state index contributed by atoms with van der Waals surface area (Å²) in [6.45, 7) is 20.0. The number of aliphatic carboxylic acids is 1. The zero-order chi connectivity index (χ0) is 33.8. The lowest BCUT2D eigenvalue weighted by Crippen LogP contribution is -2.59. The van der Waals surface area contributed by atoms with Gasteiger partial charge in [0, 0.05) is 12.0 Å². The quantitative estimate of drug-likeness (QED) is 0.222. The standard InChI is InChI=1S/C37H63NO7/c1-22(11-14-29(40)45-33(2,3)4)25-12-13-26-30-27(16-18-37(25,26)10)36(9)17-15-24(19-23(36)20-28(30)39)44-32(43)38-35(7,8)21-34(5,6)31(41)42/h22-28,30,39H,11-21H2,1-10H3,(H,38,43)(H,41,42)/t22-,23?,24-,25?,26?,27?,28-,30?,36?,37-/m1/s1. The number of nitrogens with one attached hydrogen (secondary N) is 1. The van der Waals surface area contributed by atoms with Crippen molar-refractivity contribution in [3.63, 3.8) is 0 Å². The Labute approximate surface area is 272 Å². The van der Waals surface area contributed by atoms with Crippen molar-refractivity contribution >= 4 is 18.0 Å². The largest absolute Gasteiger partial charge is 0.481 e. The highest BCUT2D eigenvalue weighted by atomic mass is 16.6. The minimum Gasteiger partial charge on any atom is -0.481 e. The molecule has 0 aliphatic heterocycles. The Balaban J connectivity index is 1.37. The first-order valence-electron chi connectivity index (χ1n) is 17.7. The highest BCUT2D eigenvalue weighted by Crippen LogP contribution is 2.68. The molecule has 10 atom stereocenters. The van der Waals surface area contributed by atoms with Gasteiger partial charge in [-0.05, 0) is 159 Å². The van der Waals surface area contributed by atoms with E-state index in [0.717, 1.165) is 51.4 Å².